The fourth-order valence-electron chi connectivity index (χ4n) is 2.74. The Bertz CT molecular complexity index is 501. The van der Waals surface area contributed by atoms with E-state index in [1.807, 2.05) is 0 Å². The van der Waals surface area contributed by atoms with E-state index in [2.05, 4.69) is 15.7 Å². The predicted octanol–water partition coefficient (Wildman–Crippen LogP) is 1.98. The van der Waals surface area contributed by atoms with Gasteiger partial charge in [0.05, 0.1) is 12.1 Å². The van der Waals surface area contributed by atoms with Crippen LogP contribution in [-0.2, 0) is 11.2 Å². The lowest BCUT2D eigenvalue weighted by molar-refractivity contribution is -0.120. The summed E-state index contributed by atoms with van der Waals surface area (Å²) in [6.07, 6.45) is 2.20. The van der Waals surface area contributed by atoms with Crippen molar-refractivity contribution in [2.24, 2.45) is 5.92 Å². The minimum absolute atomic E-state index is 0. The number of aromatic nitrogens is 2. The Morgan fingerprint density at radius 3 is 2.77 bits per heavy atom. The molecule has 22 heavy (non-hydrogen) atoms. The van der Waals surface area contributed by atoms with Gasteiger partial charge in [-0.3, -0.25) is 4.79 Å². The Kier molecular flexibility index (Phi) is 7.22. The van der Waals surface area contributed by atoms with Crippen molar-refractivity contribution in [3.63, 3.8) is 0 Å². The van der Waals surface area contributed by atoms with Crippen molar-refractivity contribution in [2.75, 3.05) is 19.6 Å². The normalized spacial score (nSPS) is 17.6. The number of rotatable bonds is 6. The molecule has 5 nitrogen and oxygen atoms in total. The van der Waals surface area contributed by atoms with Gasteiger partial charge in [-0.1, -0.05) is 0 Å². The van der Waals surface area contributed by atoms with Gasteiger partial charge in [-0.25, -0.2) is 4.68 Å². The third kappa shape index (κ3) is 4.64. The highest BCUT2D eigenvalue weighted by Crippen LogP contribution is 2.19. The van der Waals surface area contributed by atoms with Crippen molar-refractivity contribution in [1.29, 1.82) is 0 Å². The van der Waals surface area contributed by atoms with Crippen LogP contribution in [0.2, 0.25) is 0 Å². The van der Waals surface area contributed by atoms with Crippen LogP contribution in [-0.4, -0.2) is 35.3 Å². The summed E-state index contributed by atoms with van der Waals surface area (Å²) in [5.41, 5.74) is 1.44. The quantitative estimate of drug-likeness (QED) is 0.835. The van der Waals surface area contributed by atoms with Crippen LogP contribution in [0.15, 0.2) is 0 Å². The van der Waals surface area contributed by atoms with Crippen molar-refractivity contribution < 1.29 is 13.6 Å². The maximum Gasteiger partial charge on any atom is 0.333 e. The molecule has 0 saturated carbocycles. The van der Waals surface area contributed by atoms with Crippen LogP contribution in [0.25, 0.3) is 0 Å². The van der Waals surface area contributed by atoms with Crippen molar-refractivity contribution >= 4 is 18.3 Å². The molecule has 1 unspecified atom stereocenters. The van der Waals surface area contributed by atoms with E-state index in [4.69, 9.17) is 0 Å². The molecule has 2 heterocycles. The molecule has 0 aromatic carbocycles. The third-order valence-electron chi connectivity index (χ3n) is 4.03. The summed E-state index contributed by atoms with van der Waals surface area (Å²) in [5, 5.41) is 9.93. The zero-order valence-electron chi connectivity index (χ0n) is 12.9. The third-order valence-corrected chi connectivity index (χ3v) is 4.03. The fraction of sp³-hybridized carbons (Fsp3) is 0.714. The SMILES string of the molecule is Cc1nn(C(F)F)c(C)c1CC(=O)NCCC1CCNC1.Cl. The highest BCUT2D eigenvalue weighted by Gasteiger charge is 2.19. The van der Waals surface area contributed by atoms with Gasteiger partial charge < -0.3 is 10.6 Å². The molecule has 1 aromatic heterocycles. The summed E-state index contributed by atoms with van der Waals surface area (Å²) in [5.74, 6) is 0.483. The number of amides is 1. The van der Waals surface area contributed by atoms with Crippen LogP contribution in [0.5, 0.6) is 0 Å². The molecular weight excluding hydrogens is 314 g/mol. The number of hydrogen-bond acceptors (Lipinski definition) is 3. The predicted molar refractivity (Wildman–Crippen MR) is 82.5 cm³/mol. The summed E-state index contributed by atoms with van der Waals surface area (Å²) in [6, 6.07) is 0. The second kappa shape index (κ2) is 8.43. The van der Waals surface area contributed by atoms with Gasteiger partial charge in [0.25, 0.3) is 0 Å². The summed E-state index contributed by atoms with van der Waals surface area (Å²) in [7, 11) is 0. The molecule has 1 fully saturated rings. The summed E-state index contributed by atoms with van der Waals surface area (Å²) in [4.78, 5) is 11.9. The average molecular weight is 337 g/mol. The van der Waals surface area contributed by atoms with Crippen LogP contribution in [0.1, 0.15) is 36.3 Å². The molecule has 0 radical (unpaired) electrons. The minimum atomic E-state index is -2.67. The smallest absolute Gasteiger partial charge is 0.333 e. The molecule has 0 aliphatic carbocycles. The molecule has 2 N–H and O–H groups in total. The van der Waals surface area contributed by atoms with Gasteiger partial charge in [-0.2, -0.15) is 13.9 Å². The molecule has 0 bridgehead atoms. The van der Waals surface area contributed by atoms with E-state index >= 15 is 0 Å². The second-order valence-electron chi connectivity index (χ2n) is 5.55. The first-order chi connectivity index (χ1) is 9.99. The van der Waals surface area contributed by atoms with Crippen LogP contribution in [0, 0.1) is 19.8 Å². The van der Waals surface area contributed by atoms with E-state index < -0.39 is 6.55 Å². The van der Waals surface area contributed by atoms with Crippen molar-refractivity contribution in [3.05, 3.63) is 17.0 Å². The number of aryl methyl sites for hydroxylation is 1. The van der Waals surface area contributed by atoms with Gasteiger partial charge in [0.2, 0.25) is 5.91 Å². The number of nitrogens with one attached hydrogen (secondary N) is 2. The first kappa shape index (κ1) is 18.8. The molecule has 1 aliphatic rings. The van der Waals surface area contributed by atoms with E-state index in [0.717, 1.165) is 25.9 Å². The Balaban J connectivity index is 0.00000242. The molecule has 1 saturated heterocycles. The highest BCUT2D eigenvalue weighted by atomic mass is 35.5. The monoisotopic (exact) mass is 336 g/mol. The molecule has 1 atom stereocenters. The number of hydrogen-bond donors (Lipinski definition) is 2. The Labute approximate surface area is 135 Å². The second-order valence-corrected chi connectivity index (χ2v) is 5.55. The number of alkyl halides is 2. The van der Waals surface area contributed by atoms with E-state index in [1.54, 1.807) is 13.8 Å². The zero-order chi connectivity index (χ0) is 15.4. The maximum absolute atomic E-state index is 12.7. The lowest BCUT2D eigenvalue weighted by Crippen LogP contribution is -2.28. The van der Waals surface area contributed by atoms with E-state index in [-0.39, 0.29) is 24.7 Å². The van der Waals surface area contributed by atoms with Crippen LogP contribution in [0.3, 0.4) is 0 Å². The fourth-order valence-corrected chi connectivity index (χ4v) is 2.74. The molecule has 0 spiro atoms. The summed E-state index contributed by atoms with van der Waals surface area (Å²) in [6.45, 7) is 3.23. The van der Waals surface area contributed by atoms with Crippen LogP contribution < -0.4 is 10.6 Å². The van der Waals surface area contributed by atoms with Crippen molar-refractivity contribution in [1.82, 2.24) is 20.4 Å². The topological polar surface area (TPSA) is 59.0 Å². The lowest BCUT2D eigenvalue weighted by Gasteiger charge is -2.09. The largest absolute Gasteiger partial charge is 0.356 e. The number of carbonyl (C=O) groups is 1. The molecule has 1 amide bonds. The molecule has 1 aliphatic heterocycles. The Hall–Kier alpha value is -1.21. The average Bonchev–Trinajstić information content (AvgIpc) is 3.02. The first-order valence-electron chi connectivity index (χ1n) is 7.29. The Morgan fingerprint density at radius 1 is 1.50 bits per heavy atom. The standard InChI is InChI=1S/C14H22F2N4O.ClH/c1-9-12(10(2)20(19-9)14(15)16)7-13(21)18-6-4-11-3-5-17-8-11;/h11,14,17H,3-8H2,1-2H3,(H,18,21);1H. The summed E-state index contributed by atoms with van der Waals surface area (Å²) >= 11 is 0. The van der Waals surface area contributed by atoms with E-state index in [1.165, 1.54) is 0 Å². The summed E-state index contributed by atoms with van der Waals surface area (Å²) < 4.78 is 26.1. The maximum atomic E-state index is 12.7. The molecule has 8 heteroatoms. The molecule has 126 valence electrons. The van der Waals surface area contributed by atoms with Crippen LogP contribution in [0.4, 0.5) is 8.78 Å². The minimum Gasteiger partial charge on any atom is -0.356 e. The molecule has 1 aromatic rings. The van der Waals surface area contributed by atoms with Gasteiger partial charge in [0, 0.05) is 17.8 Å². The molecule has 2 rings (SSSR count). The van der Waals surface area contributed by atoms with Gasteiger partial charge in [-0.05, 0) is 45.7 Å². The number of carbonyl (C=O) groups excluding carboxylic acids is 1. The van der Waals surface area contributed by atoms with E-state index in [0.29, 0.717) is 34.1 Å². The van der Waals surface area contributed by atoms with Gasteiger partial charge in [0.1, 0.15) is 0 Å². The van der Waals surface area contributed by atoms with Gasteiger partial charge in [-0.15, -0.1) is 12.4 Å². The number of halogens is 3. The number of nitrogens with zero attached hydrogens (tertiary/aromatic N) is 2. The van der Waals surface area contributed by atoms with Gasteiger partial charge >= 0.3 is 6.55 Å². The van der Waals surface area contributed by atoms with Crippen LogP contribution >= 0.6 is 12.4 Å². The Morgan fingerprint density at radius 2 is 2.23 bits per heavy atom. The molecular formula is C14H23ClF2N4O. The zero-order valence-corrected chi connectivity index (χ0v) is 13.7. The first-order valence-corrected chi connectivity index (χ1v) is 7.29. The van der Waals surface area contributed by atoms with E-state index in [9.17, 15) is 13.6 Å². The highest BCUT2D eigenvalue weighted by molar-refractivity contribution is 5.85. The van der Waals surface area contributed by atoms with Gasteiger partial charge in [0.15, 0.2) is 0 Å². The lowest BCUT2D eigenvalue weighted by atomic mass is 10.1. The van der Waals surface area contributed by atoms with Crippen molar-refractivity contribution in [2.45, 2.75) is 39.7 Å². The van der Waals surface area contributed by atoms with Crippen molar-refractivity contribution in [3.8, 4) is 0 Å².